The van der Waals surface area contributed by atoms with E-state index in [1.165, 1.54) is 7.11 Å². The fourth-order valence-corrected chi connectivity index (χ4v) is 1.10. The van der Waals surface area contributed by atoms with Crippen molar-refractivity contribution in [2.75, 3.05) is 7.11 Å². The first-order chi connectivity index (χ1) is 6.90. The zero-order chi connectivity index (χ0) is 11.5. The Labute approximate surface area is 88.8 Å². The molecule has 0 aliphatic heterocycles. The molecule has 0 bridgehead atoms. The minimum atomic E-state index is -0.374. The lowest BCUT2D eigenvalue weighted by molar-refractivity contribution is -0.140. The van der Waals surface area contributed by atoms with Crippen molar-refractivity contribution in [1.29, 1.82) is 0 Å². The standard InChI is InChI=1S/C10H16N2O3/c1-10(2,3)6-7-11-8(15-12-7)5-9(13)14-4/h5-6H2,1-4H3. The first-order valence-electron chi connectivity index (χ1n) is 4.79. The van der Waals surface area contributed by atoms with E-state index in [-0.39, 0.29) is 17.8 Å². The smallest absolute Gasteiger partial charge is 0.315 e. The van der Waals surface area contributed by atoms with Gasteiger partial charge in [0.2, 0.25) is 5.89 Å². The van der Waals surface area contributed by atoms with E-state index >= 15 is 0 Å². The molecule has 0 aliphatic carbocycles. The molecule has 0 aliphatic rings. The average Bonchev–Trinajstić information content (AvgIpc) is 2.49. The van der Waals surface area contributed by atoms with Gasteiger partial charge in [0.05, 0.1) is 7.11 Å². The summed E-state index contributed by atoms with van der Waals surface area (Å²) in [7, 11) is 1.33. The van der Waals surface area contributed by atoms with Crippen molar-refractivity contribution in [2.45, 2.75) is 33.6 Å². The van der Waals surface area contributed by atoms with Gasteiger partial charge in [-0.1, -0.05) is 25.9 Å². The van der Waals surface area contributed by atoms with Crippen LogP contribution in [0.3, 0.4) is 0 Å². The fourth-order valence-electron chi connectivity index (χ4n) is 1.10. The van der Waals surface area contributed by atoms with Crippen LogP contribution in [0.5, 0.6) is 0 Å². The van der Waals surface area contributed by atoms with E-state index in [1.807, 2.05) is 0 Å². The molecule has 0 aromatic carbocycles. The van der Waals surface area contributed by atoms with E-state index in [9.17, 15) is 4.79 Å². The Kier molecular flexibility index (Phi) is 3.44. The van der Waals surface area contributed by atoms with Crippen molar-refractivity contribution in [3.05, 3.63) is 11.7 Å². The molecule has 1 rings (SSSR count). The molecule has 1 heterocycles. The summed E-state index contributed by atoms with van der Waals surface area (Å²) in [6.07, 6.45) is 0.755. The number of nitrogens with zero attached hydrogens (tertiary/aromatic N) is 2. The molecule has 84 valence electrons. The molecule has 0 spiro atoms. The maximum atomic E-state index is 10.9. The molecule has 15 heavy (non-hydrogen) atoms. The molecule has 0 saturated heterocycles. The van der Waals surface area contributed by atoms with Crippen LogP contribution >= 0.6 is 0 Å². The summed E-state index contributed by atoms with van der Waals surface area (Å²) >= 11 is 0. The maximum absolute atomic E-state index is 10.9. The highest BCUT2D eigenvalue weighted by atomic mass is 16.5. The number of hydrogen-bond donors (Lipinski definition) is 0. The van der Waals surface area contributed by atoms with Crippen LogP contribution < -0.4 is 0 Å². The molecular weight excluding hydrogens is 196 g/mol. The number of esters is 1. The minimum absolute atomic E-state index is 0.0354. The number of carbonyl (C=O) groups is 1. The Morgan fingerprint density at radius 3 is 2.67 bits per heavy atom. The van der Waals surface area contributed by atoms with E-state index in [4.69, 9.17) is 4.52 Å². The van der Waals surface area contributed by atoms with Gasteiger partial charge in [-0.2, -0.15) is 4.98 Å². The molecule has 0 fully saturated rings. The summed E-state index contributed by atoms with van der Waals surface area (Å²) in [5.41, 5.74) is 0.104. The average molecular weight is 212 g/mol. The van der Waals surface area contributed by atoms with Crippen molar-refractivity contribution in [3.8, 4) is 0 Å². The first-order valence-corrected chi connectivity index (χ1v) is 4.79. The van der Waals surface area contributed by atoms with Crippen LogP contribution in [0.15, 0.2) is 4.52 Å². The van der Waals surface area contributed by atoms with Gasteiger partial charge in [-0.05, 0) is 5.41 Å². The number of methoxy groups -OCH3 is 1. The Hall–Kier alpha value is -1.39. The molecule has 0 N–H and O–H groups in total. The van der Waals surface area contributed by atoms with Gasteiger partial charge in [-0.3, -0.25) is 4.79 Å². The van der Waals surface area contributed by atoms with Crippen molar-refractivity contribution in [2.24, 2.45) is 5.41 Å². The fraction of sp³-hybridized carbons (Fsp3) is 0.700. The second-order valence-corrected chi connectivity index (χ2v) is 4.59. The van der Waals surface area contributed by atoms with Gasteiger partial charge in [-0.15, -0.1) is 0 Å². The molecule has 1 aromatic heterocycles. The zero-order valence-corrected chi connectivity index (χ0v) is 9.53. The van der Waals surface area contributed by atoms with Gasteiger partial charge >= 0.3 is 5.97 Å². The van der Waals surface area contributed by atoms with Crippen LogP contribution in [-0.2, 0) is 22.4 Å². The third-order valence-corrected chi connectivity index (χ3v) is 1.72. The summed E-state index contributed by atoms with van der Waals surface area (Å²) in [5.74, 6) is 0.559. The number of hydrogen-bond acceptors (Lipinski definition) is 5. The SMILES string of the molecule is COC(=O)Cc1nc(CC(C)(C)C)no1. The van der Waals surface area contributed by atoms with Gasteiger partial charge < -0.3 is 9.26 Å². The van der Waals surface area contributed by atoms with E-state index in [0.717, 1.165) is 6.42 Å². The number of ether oxygens (including phenoxy) is 1. The normalized spacial score (nSPS) is 11.5. The van der Waals surface area contributed by atoms with Crippen molar-refractivity contribution < 1.29 is 14.1 Å². The number of rotatable bonds is 3. The van der Waals surface area contributed by atoms with Crippen molar-refractivity contribution >= 4 is 5.97 Å². The summed E-state index contributed by atoms with van der Waals surface area (Å²) in [6, 6.07) is 0. The van der Waals surface area contributed by atoms with Crippen molar-refractivity contribution in [1.82, 2.24) is 10.1 Å². The molecule has 0 atom stereocenters. The van der Waals surface area contributed by atoms with Gasteiger partial charge in [0.1, 0.15) is 6.42 Å². The third-order valence-electron chi connectivity index (χ3n) is 1.72. The zero-order valence-electron chi connectivity index (χ0n) is 9.53. The second kappa shape index (κ2) is 4.42. The quantitative estimate of drug-likeness (QED) is 0.708. The van der Waals surface area contributed by atoms with Crippen LogP contribution in [0.25, 0.3) is 0 Å². The Morgan fingerprint density at radius 2 is 2.13 bits per heavy atom. The minimum Gasteiger partial charge on any atom is -0.469 e. The summed E-state index contributed by atoms with van der Waals surface area (Å²) in [6.45, 7) is 6.26. The highest BCUT2D eigenvalue weighted by Gasteiger charge is 2.17. The molecule has 0 amide bonds. The Bertz CT molecular complexity index is 339. The lowest BCUT2D eigenvalue weighted by atomic mass is 9.92. The Morgan fingerprint density at radius 1 is 1.47 bits per heavy atom. The highest BCUT2D eigenvalue weighted by molar-refractivity contribution is 5.70. The predicted octanol–water partition coefficient (Wildman–Crippen LogP) is 1.37. The van der Waals surface area contributed by atoms with Crippen LogP contribution in [0.1, 0.15) is 32.5 Å². The largest absolute Gasteiger partial charge is 0.469 e. The first kappa shape index (κ1) is 11.7. The summed E-state index contributed by atoms with van der Waals surface area (Å²) < 4.78 is 9.42. The monoisotopic (exact) mass is 212 g/mol. The molecule has 0 radical (unpaired) electrons. The third kappa shape index (κ3) is 4.10. The number of carbonyl (C=O) groups excluding carboxylic acids is 1. The molecule has 1 aromatic rings. The van der Waals surface area contributed by atoms with Crippen LogP contribution in [0.2, 0.25) is 0 Å². The van der Waals surface area contributed by atoms with Crippen molar-refractivity contribution in [3.63, 3.8) is 0 Å². The van der Waals surface area contributed by atoms with E-state index in [0.29, 0.717) is 11.7 Å². The lowest BCUT2D eigenvalue weighted by Gasteiger charge is -2.14. The van der Waals surface area contributed by atoms with Gasteiger partial charge in [0.15, 0.2) is 5.82 Å². The molecule has 5 nitrogen and oxygen atoms in total. The highest BCUT2D eigenvalue weighted by Crippen LogP contribution is 2.18. The topological polar surface area (TPSA) is 65.2 Å². The lowest BCUT2D eigenvalue weighted by Crippen LogP contribution is -2.10. The van der Waals surface area contributed by atoms with E-state index in [2.05, 4.69) is 35.6 Å². The molecule has 0 saturated carbocycles. The van der Waals surface area contributed by atoms with E-state index < -0.39 is 0 Å². The van der Waals surface area contributed by atoms with Crippen LogP contribution in [0.4, 0.5) is 0 Å². The van der Waals surface area contributed by atoms with Crippen LogP contribution in [-0.4, -0.2) is 23.2 Å². The predicted molar refractivity (Wildman–Crippen MR) is 53.2 cm³/mol. The summed E-state index contributed by atoms with van der Waals surface area (Å²) in [4.78, 5) is 15.0. The number of aromatic nitrogens is 2. The van der Waals surface area contributed by atoms with Gasteiger partial charge in [0.25, 0.3) is 0 Å². The van der Waals surface area contributed by atoms with Crippen LogP contribution in [0, 0.1) is 5.41 Å². The molecular formula is C10H16N2O3. The van der Waals surface area contributed by atoms with Gasteiger partial charge in [-0.25, -0.2) is 0 Å². The van der Waals surface area contributed by atoms with Gasteiger partial charge in [0, 0.05) is 6.42 Å². The molecule has 0 unspecified atom stereocenters. The van der Waals surface area contributed by atoms with E-state index in [1.54, 1.807) is 0 Å². The maximum Gasteiger partial charge on any atom is 0.315 e. The second-order valence-electron chi connectivity index (χ2n) is 4.59. The summed E-state index contributed by atoms with van der Waals surface area (Å²) in [5, 5.41) is 3.80. The Balaban J connectivity index is 2.60. The molecule has 5 heteroatoms.